The van der Waals surface area contributed by atoms with E-state index in [0.29, 0.717) is 35.1 Å². The molecule has 0 fully saturated rings. The number of aromatic amines is 1. The van der Waals surface area contributed by atoms with Crippen molar-refractivity contribution in [3.8, 4) is 11.3 Å². The van der Waals surface area contributed by atoms with Crippen molar-refractivity contribution in [2.75, 3.05) is 6.54 Å². The lowest BCUT2D eigenvalue weighted by Crippen LogP contribution is -2.06. The maximum Gasteiger partial charge on any atom is 0.417 e. The first-order valence-electron chi connectivity index (χ1n) is 8.67. The predicted molar refractivity (Wildman–Crippen MR) is 103 cm³/mol. The number of rotatable bonds is 6. The summed E-state index contributed by atoms with van der Waals surface area (Å²) in [4.78, 5) is 14.5. The maximum absolute atomic E-state index is 13.3. The Morgan fingerprint density at radius 1 is 1.14 bits per heavy atom. The summed E-state index contributed by atoms with van der Waals surface area (Å²) in [6, 6.07) is 8.37. The number of carboxylic acids is 1. The summed E-state index contributed by atoms with van der Waals surface area (Å²) in [5.41, 5.74) is 7.05. The fourth-order valence-corrected chi connectivity index (χ4v) is 3.46. The molecule has 1 aromatic heterocycles. The quantitative estimate of drug-likeness (QED) is 0.470. The first-order chi connectivity index (χ1) is 13.2. The zero-order valence-corrected chi connectivity index (χ0v) is 15.5. The molecule has 1 heterocycles. The Hall–Kier alpha value is -2.51. The third kappa shape index (κ3) is 4.00. The molecule has 0 saturated heterocycles. The largest absolute Gasteiger partial charge is 0.478 e. The number of carbonyl (C=O) groups is 1. The Labute approximate surface area is 164 Å². The molecule has 2 aromatic carbocycles. The van der Waals surface area contributed by atoms with Crippen molar-refractivity contribution in [3.63, 3.8) is 0 Å². The molecule has 0 aliphatic heterocycles. The third-order valence-electron chi connectivity index (χ3n) is 4.59. The summed E-state index contributed by atoms with van der Waals surface area (Å²) in [5.74, 6) is -1.07. The summed E-state index contributed by atoms with van der Waals surface area (Å²) in [7, 11) is 0. The van der Waals surface area contributed by atoms with Crippen molar-refractivity contribution in [1.29, 1.82) is 0 Å². The molecule has 0 bridgehead atoms. The van der Waals surface area contributed by atoms with Crippen LogP contribution in [-0.4, -0.2) is 22.6 Å². The molecule has 0 amide bonds. The van der Waals surface area contributed by atoms with Crippen molar-refractivity contribution in [3.05, 3.63) is 58.1 Å². The number of aryl methyl sites for hydroxylation is 1. The van der Waals surface area contributed by atoms with Crippen molar-refractivity contribution >= 4 is 28.5 Å². The van der Waals surface area contributed by atoms with Crippen LogP contribution >= 0.6 is 11.6 Å². The number of H-pyrrole nitrogens is 1. The molecular weight excluding hydrogens is 393 g/mol. The van der Waals surface area contributed by atoms with Gasteiger partial charge in [-0.05, 0) is 67.3 Å². The second-order valence-corrected chi connectivity index (χ2v) is 6.89. The second-order valence-electron chi connectivity index (χ2n) is 6.48. The lowest BCUT2D eigenvalue weighted by molar-refractivity contribution is -0.137. The molecular formula is C20H18ClF3N2O2. The Morgan fingerprint density at radius 3 is 2.54 bits per heavy atom. The van der Waals surface area contributed by atoms with Crippen LogP contribution in [0.1, 0.15) is 34.3 Å². The van der Waals surface area contributed by atoms with Gasteiger partial charge in [0.2, 0.25) is 0 Å². The number of nitrogens with one attached hydrogen (secondary N) is 1. The molecule has 0 aliphatic rings. The van der Waals surface area contributed by atoms with Gasteiger partial charge >= 0.3 is 12.1 Å². The average molecular weight is 411 g/mol. The molecule has 3 aromatic rings. The lowest BCUT2D eigenvalue weighted by Gasteiger charge is -2.12. The van der Waals surface area contributed by atoms with Gasteiger partial charge in [0, 0.05) is 16.6 Å². The number of hydrogen-bond donors (Lipinski definition) is 3. The molecule has 0 aliphatic carbocycles. The van der Waals surface area contributed by atoms with Gasteiger partial charge in [-0.25, -0.2) is 4.79 Å². The topological polar surface area (TPSA) is 79.1 Å². The fraction of sp³-hybridized carbons (Fsp3) is 0.250. The minimum Gasteiger partial charge on any atom is -0.478 e. The highest BCUT2D eigenvalue weighted by Gasteiger charge is 2.33. The summed E-state index contributed by atoms with van der Waals surface area (Å²) >= 11 is 5.74. The van der Waals surface area contributed by atoms with E-state index in [1.54, 1.807) is 6.07 Å². The van der Waals surface area contributed by atoms with Gasteiger partial charge in [0.15, 0.2) is 0 Å². The smallest absolute Gasteiger partial charge is 0.417 e. The van der Waals surface area contributed by atoms with Gasteiger partial charge in [0.1, 0.15) is 0 Å². The van der Waals surface area contributed by atoms with Crippen molar-refractivity contribution < 1.29 is 23.1 Å². The van der Waals surface area contributed by atoms with Crippen LogP contribution in [0.2, 0.25) is 5.02 Å². The molecule has 0 saturated carbocycles. The zero-order valence-electron chi connectivity index (χ0n) is 14.7. The van der Waals surface area contributed by atoms with Crippen LogP contribution in [0.4, 0.5) is 13.2 Å². The third-order valence-corrected chi connectivity index (χ3v) is 4.92. The van der Waals surface area contributed by atoms with E-state index in [0.717, 1.165) is 24.5 Å². The number of aromatic carboxylic acids is 1. The lowest BCUT2D eigenvalue weighted by atomic mass is 9.98. The minimum absolute atomic E-state index is 0.116. The SMILES string of the molecule is NCCCCc1c(-c2ccc(Cl)c(C(F)(F)F)c2)[nH]c2ccc(C(=O)O)cc12. The summed E-state index contributed by atoms with van der Waals surface area (Å²) in [5, 5.41) is 9.57. The monoisotopic (exact) mass is 410 g/mol. The number of aromatic nitrogens is 1. The van der Waals surface area contributed by atoms with Crippen LogP contribution < -0.4 is 5.73 Å². The highest BCUT2D eigenvalue weighted by molar-refractivity contribution is 6.31. The number of alkyl halides is 3. The summed E-state index contributed by atoms with van der Waals surface area (Å²) < 4.78 is 39.8. The van der Waals surface area contributed by atoms with Gasteiger partial charge in [-0.3, -0.25) is 0 Å². The van der Waals surface area contributed by atoms with Crippen LogP contribution in [0, 0.1) is 0 Å². The van der Waals surface area contributed by atoms with E-state index in [4.69, 9.17) is 17.3 Å². The standard InChI is InChI=1S/C20H18ClF3N2O2/c21-16-6-4-11(10-15(16)20(22,23)24)18-13(3-1-2-8-25)14-9-12(19(27)28)5-7-17(14)26-18/h4-7,9-10,26H,1-3,8,25H2,(H,27,28). The van der Waals surface area contributed by atoms with Crippen molar-refractivity contribution in [2.45, 2.75) is 25.4 Å². The summed E-state index contributed by atoms with van der Waals surface area (Å²) in [6.45, 7) is 0.497. The van der Waals surface area contributed by atoms with Crippen molar-refractivity contribution in [1.82, 2.24) is 4.98 Å². The van der Waals surface area contributed by atoms with Gasteiger partial charge in [0.25, 0.3) is 0 Å². The first kappa shape index (κ1) is 20.2. The number of hydrogen-bond acceptors (Lipinski definition) is 2. The molecule has 148 valence electrons. The highest BCUT2D eigenvalue weighted by atomic mass is 35.5. The van der Waals surface area contributed by atoms with E-state index < -0.39 is 17.7 Å². The van der Waals surface area contributed by atoms with E-state index in [9.17, 15) is 23.1 Å². The molecule has 3 rings (SSSR count). The Kier molecular flexibility index (Phi) is 5.67. The fourth-order valence-electron chi connectivity index (χ4n) is 3.23. The molecule has 0 spiro atoms. The molecule has 8 heteroatoms. The number of unbranched alkanes of at least 4 members (excludes halogenated alkanes) is 1. The molecule has 28 heavy (non-hydrogen) atoms. The molecule has 4 nitrogen and oxygen atoms in total. The Bertz CT molecular complexity index is 1030. The van der Waals surface area contributed by atoms with E-state index in [2.05, 4.69) is 4.98 Å². The average Bonchev–Trinajstić information content (AvgIpc) is 2.99. The Balaban J connectivity index is 2.19. The number of halogens is 4. The van der Waals surface area contributed by atoms with Crippen LogP contribution in [0.25, 0.3) is 22.2 Å². The van der Waals surface area contributed by atoms with Crippen molar-refractivity contribution in [2.24, 2.45) is 5.73 Å². The van der Waals surface area contributed by atoms with E-state index in [1.165, 1.54) is 24.3 Å². The van der Waals surface area contributed by atoms with Crippen LogP contribution in [-0.2, 0) is 12.6 Å². The van der Waals surface area contributed by atoms with Gasteiger partial charge in [0.05, 0.1) is 16.1 Å². The van der Waals surface area contributed by atoms with E-state index >= 15 is 0 Å². The molecule has 0 radical (unpaired) electrons. The second kappa shape index (κ2) is 7.85. The normalized spacial score (nSPS) is 11.9. The van der Waals surface area contributed by atoms with Crippen LogP contribution in [0.3, 0.4) is 0 Å². The summed E-state index contributed by atoms with van der Waals surface area (Å²) in [6.07, 6.45) is -2.54. The number of carboxylic acid groups (broad SMARTS) is 1. The maximum atomic E-state index is 13.3. The number of benzene rings is 2. The molecule has 0 atom stereocenters. The van der Waals surface area contributed by atoms with Crippen LogP contribution in [0.15, 0.2) is 36.4 Å². The van der Waals surface area contributed by atoms with E-state index in [-0.39, 0.29) is 10.6 Å². The molecule has 4 N–H and O–H groups in total. The van der Waals surface area contributed by atoms with Gasteiger partial charge in [-0.15, -0.1) is 0 Å². The predicted octanol–water partition coefficient (Wildman–Crippen LogP) is 5.49. The molecule has 0 unspecified atom stereocenters. The van der Waals surface area contributed by atoms with E-state index in [1.807, 2.05) is 0 Å². The number of fused-ring (bicyclic) bond motifs is 1. The Morgan fingerprint density at radius 2 is 1.89 bits per heavy atom. The first-order valence-corrected chi connectivity index (χ1v) is 9.05. The minimum atomic E-state index is -4.57. The highest BCUT2D eigenvalue weighted by Crippen LogP contribution is 2.39. The van der Waals surface area contributed by atoms with Crippen LogP contribution in [0.5, 0.6) is 0 Å². The number of nitrogens with two attached hydrogens (primary N) is 1. The zero-order chi connectivity index (χ0) is 20.5. The van der Waals surface area contributed by atoms with Gasteiger partial charge in [-0.1, -0.05) is 17.7 Å². The van der Waals surface area contributed by atoms with Gasteiger partial charge in [-0.2, -0.15) is 13.2 Å². The van der Waals surface area contributed by atoms with Gasteiger partial charge < -0.3 is 15.8 Å².